The summed E-state index contributed by atoms with van der Waals surface area (Å²) < 4.78 is 45.7. The van der Waals surface area contributed by atoms with Crippen molar-refractivity contribution in [2.24, 2.45) is 14.1 Å². The maximum absolute atomic E-state index is 13.6. The van der Waals surface area contributed by atoms with E-state index >= 15 is 0 Å². The van der Waals surface area contributed by atoms with E-state index in [4.69, 9.17) is 0 Å². The predicted octanol–water partition coefficient (Wildman–Crippen LogP) is 3.98. The van der Waals surface area contributed by atoms with Gasteiger partial charge in [0.25, 0.3) is 5.95 Å². The highest BCUT2D eigenvalue weighted by Gasteiger charge is 2.36. The Balaban J connectivity index is 1.75. The van der Waals surface area contributed by atoms with E-state index in [2.05, 4.69) is 25.3 Å². The lowest BCUT2D eigenvalue weighted by molar-refractivity contribution is -0.141. The number of hydrogen-bond acceptors (Lipinski definition) is 5. The van der Waals surface area contributed by atoms with Crippen molar-refractivity contribution in [1.29, 1.82) is 0 Å². The number of alkyl halides is 3. The smallest absolute Gasteiger partial charge is 0.272 e. The molecule has 4 aromatic heterocycles. The van der Waals surface area contributed by atoms with Crippen molar-refractivity contribution in [3.05, 3.63) is 47.3 Å². The molecule has 0 N–H and O–H groups in total. The fourth-order valence-electron chi connectivity index (χ4n) is 3.64. The third-order valence-electron chi connectivity index (χ3n) is 5.94. The molecule has 5 rings (SSSR count). The van der Waals surface area contributed by atoms with Crippen LogP contribution in [0.15, 0.2) is 24.5 Å². The summed E-state index contributed by atoms with van der Waals surface area (Å²) in [5.74, 6) is -0.0789. The molecule has 32 heavy (non-hydrogen) atoms. The average Bonchev–Trinajstić information content (AvgIpc) is 3.32. The topological polar surface area (TPSA) is 79.2 Å². The van der Waals surface area contributed by atoms with E-state index in [0.717, 1.165) is 41.4 Å². The minimum Gasteiger partial charge on any atom is -0.272 e. The first-order chi connectivity index (χ1) is 15.1. The molecule has 0 amide bonds. The molecule has 0 bridgehead atoms. The molecule has 0 radical (unpaired) electrons. The quantitative estimate of drug-likeness (QED) is 0.478. The maximum Gasteiger partial charge on any atom is 0.433 e. The van der Waals surface area contributed by atoms with E-state index in [0.29, 0.717) is 17.1 Å². The van der Waals surface area contributed by atoms with Crippen LogP contribution in [-0.4, -0.2) is 39.3 Å². The third kappa shape index (κ3) is 3.37. The van der Waals surface area contributed by atoms with Gasteiger partial charge in [-0.3, -0.25) is 9.36 Å². The van der Waals surface area contributed by atoms with Gasteiger partial charge in [0.2, 0.25) is 0 Å². The van der Waals surface area contributed by atoms with Gasteiger partial charge in [-0.15, -0.1) is 0 Å². The molecule has 0 saturated heterocycles. The molecule has 4 aromatic rings. The Morgan fingerprint density at radius 3 is 2.06 bits per heavy atom. The highest BCUT2D eigenvalue weighted by molar-refractivity contribution is 5.71. The van der Waals surface area contributed by atoms with E-state index in [1.165, 1.54) is 4.68 Å². The van der Waals surface area contributed by atoms with Gasteiger partial charge in [-0.1, -0.05) is 0 Å². The zero-order valence-corrected chi connectivity index (χ0v) is 18.0. The minimum atomic E-state index is -4.58. The molecule has 0 aromatic carbocycles. The zero-order valence-electron chi connectivity index (χ0n) is 18.0. The minimum absolute atomic E-state index is 0.0250. The first kappa shape index (κ1) is 20.4. The number of aryl methyl sites for hydroxylation is 2. The van der Waals surface area contributed by atoms with Crippen LogP contribution in [0.1, 0.15) is 41.5 Å². The van der Waals surface area contributed by atoms with Crippen molar-refractivity contribution in [2.45, 2.75) is 38.8 Å². The summed E-state index contributed by atoms with van der Waals surface area (Å²) in [6.45, 7) is 3.79. The first-order valence-electron chi connectivity index (χ1n) is 10.2. The Morgan fingerprint density at radius 1 is 0.906 bits per heavy atom. The summed E-state index contributed by atoms with van der Waals surface area (Å²) >= 11 is 0. The van der Waals surface area contributed by atoms with Crippen LogP contribution in [0.5, 0.6) is 0 Å². The number of aromatic nitrogens is 8. The highest BCUT2D eigenvalue weighted by Crippen LogP contribution is 2.41. The second kappa shape index (κ2) is 7.01. The van der Waals surface area contributed by atoms with Crippen LogP contribution in [-0.2, 0) is 20.3 Å². The molecule has 1 aliphatic rings. The summed E-state index contributed by atoms with van der Waals surface area (Å²) in [5, 5.41) is 13.2. The zero-order chi connectivity index (χ0) is 22.8. The second-order valence-corrected chi connectivity index (χ2v) is 8.11. The number of hydrogen-bond donors (Lipinski definition) is 0. The highest BCUT2D eigenvalue weighted by atomic mass is 19.4. The molecule has 166 valence electrons. The lowest BCUT2D eigenvalue weighted by atomic mass is 10.1. The monoisotopic (exact) mass is 442 g/mol. The first-order valence-corrected chi connectivity index (χ1v) is 10.2. The van der Waals surface area contributed by atoms with Crippen molar-refractivity contribution in [1.82, 2.24) is 39.3 Å². The molecule has 0 unspecified atom stereocenters. The predicted molar refractivity (Wildman–Crippen MR) is 110 cm³/mol. The normalized spacial score (nSPS) is 14.3. The van der Waals surface area contributed by atoms with Crippen molar-refractivity contribution < 1.29 is 13.2 Å². The van der Waals surface area contributed by atoms with Gasteiger partial charge in [0.1, 0.15) is 5.69 Å². The van der Waals surface area contributed by atoms with Crippen LogP contribution in [0, 0.1) is 13.8 Å². The van der Waals surface area contributed by atoms with Gasteiger partial charge >= 0.3 is 6.18 Å². The van der Waals surface area contributed by atoms with Gasteiger partial charge in [-0.2, -0.15) is 33.1 Å². The average molecular weight is 442 g/mol. The van der Waals surface area contributed by atoms with Crippen LogP contribution in [0.3, 0.4) is 0 Å². The Hall–Kier alpha value is -3.50. The van der Waals surface area contributed by atoms with Gasteiger partial charge in [0.05, 0.1) is 23.8 Å². The van der Waals surface area contributed by atoms with Crippen molar-refractivity contribution >= 4 is 0 Å². The molecule has 0 aliphatic heterocycles. The molecule has 4 heterocycles. The molecular formula is C21H21F3N8. The molecule has 8 nitrogen and oxygen atoms in total. The lowest BCUT2D eigenvalue weighted by Crippen LogP contribution is -2.15. The second-order valence-electron chi connectivity index (χ2n) is 8.11. The Morgan fingerprint density at radius 2 is 1.53 bits per heavy atom. The van der Waals surface area contributed by atoms with E-state index in [-0.39, 0.29) is 11.9 Å². The summed E-state index contributed by atoms with van der Waals surface area (Å²) in [4.78, 5) is 8.34. The van der Waals surface area contributed by atoms with Gasteiger partial charge in [-0.25, -0.2) is 9.97 Å². The van der Waals surface area contributed by atoms with Crippen molar-refractivity contribution in [3.8, 4) is 28.5 Å². The molecule has 11 heteroatoms. The van der Waals surface area contributed by atoms with E-state index in [1.54, 1.807) is 28.8 Å². The fraction of sp³-hybridized carbons (Fsp3) is 0.381. The molecule has 1 aliphatic carbocycles. The van der Waals surface area contributed by atoms with Crippen LogP contribution in [0.2, 0.25) is 0 Å². The van der Waals surface area contributed by atoms with Crippen molar-refractivity contribution in [3.63, 3.8) is 0 Å². The molecule has 1 saturated carbocycles. The van der Waals surface area contributed by atoms with E-state index < -0.39 is 11.9 Å². The Bertz CT molecular complexity index is 1320. The van der Waals surface area contributed by atoms with Crippen LogP contribution in [0.4, 0.5) is 13.2 Å². The summed E-state index contributed by atoms with van der Waals surface area (Å²) in [6.07, 6.45) is 0.410. The number of nitrogens with zero attached hydrogens (tertiary/aromatic N) is 8. The van der Waals surface area contributed by atoms with Crippen LogP contribution >= 0.6 is 0 Å². The molecule has 1 fully saturated rings. The van der Waals surface area contributed by atoms with Crippen LogP contribution < -0.4 is 0 Å². The number of rotatable bonds is 4. The standard InChI is InChI=1S/C21H21F3N8/c1-11-14(9-25-30(11)3)17-7-18(15-10-26-31(4)12(15)2)32(29-17)20-27-16(13-5-6-13)8-19(28-20)21(22,23)24/h7-10,13H,5-6H2,1-4H3. The van der Waals surface area contributed by atoms with Gasteiger partial charge < -0.3 is 0 Å². The third-order valence-corrected chi connectivity index (χ3v) is 5.94. The molecule has 0 spiro atoms. The van der Waals surface area contributed by atoms with E-state index in [1.807, 2.05) is 27.0 Å². The maximum atomic E-state index is 13.6. The van der Waals surface area contributed by atoms with Gasteiger partial charge in [0.15, 0.2) is 0 Å². The summed E-state index contributed by atoms with van der Waals surface area (Å²) in [5.41, 5.74) is 3.81. The Kier molecular flexibility index (Phi) is 4.47. The molecular weight excluding hydrogens is 421 g/mol. The Labute approximate surface area is 181 Å². The summed E-state index contributed by atoms with van der Waals surface area (Å²) in [7, 11) is 3.62. The van der Waals surface area contributed by atoms with E-state index in [9.17, 15) is 13.2 Å². The number of halogens is 3. The largest absolute Gasteiger partial charge is 0.433 e. The lowest BCUT2D eigenvalue weighted by Gasteiger charge is -2.12. The van der Waals surface area contributed by atoms with Crippen LogP contribution in [0.25, 0.3) is 28.5 Å². The molecule has 0 atom stereocenters. The summed E-state index contributed by atoms with van der Waals surface area (Å²) in [6, 6.07) is 2.86. The van der Waals surface area contributed by atoms with Gasteiger partial charge in [-0.05, 0) is 38.8 Å². The SMILES string of the molecule is Cc1c(-c2cc(-c3cnn(C)c3C)n(-c3nc(C4CC4)cc(C(F)(F)F)n3)n2)cnn1C. The van der Waals surface area contributed by atoms with Crippen molar-refractivity contribution in [2.75, 3.05) is 0 Å². The fourth-order valence-corrected chi connectivity index (χ4v) is 3.64. The van der Waals surface area contributed by atoms with Gasteiger partial charge in [0, 0.05) is 48.2 Å².